The van der Waals surface area contributed by atoms with Gasteiger partial charge in [0, 0.05) is 17.6 Å². The molecule has 3 aromatic rings. The molecule has 8 heteroatoms. The summed E-state index contributed by atoms with van der Waals surface area (Å²) in [6.07, 6.45) is 0.596. The van der Waals surface area contributed by atoms with Gasteiger partial charge >= 0.3 is 0 Å². The third kappa shape index (κ3) is 6.31. The van der Waals surface area contributed by atoms with Gasteiger partial charge in [-0.2, -0.15) is 4.31 Å². The summed E-state index contributed by atoms with van der Waals surface area (Å²) >= 11 is 3.33. The summed E-state index contributed by atoms with van der Waals surface area (Å²) in [4.78, 5) is 15.1. The van der Waals surface area contributed by atoms with Gasteiger partial charge < -0.3 is 9.32 Å². The van der Waals surface area contributed by atoms with Gasteiger partial charge in [0.15, 0.2) is 0 Å². The molecule has 2 aromatic carbocycles. The Morgan fingerprint density at radius 3 is 2.25 bits per heavy atom. The lowest BCUT2D eigenvalue weighted by Gasteiger charge is -2.27. The summed E-state index contributed by atoms with van der Waals surface area (Å²) in [6.45, 7) is 4.38. The topological polar surface area (TPSA) is 70.8 Å². The average molecular weight is 519 g/mol. The molecule has 0 spiro atoms. The highest BCUT2D eigenvalue weighted by atomic mass is 79.9. The molecule has 0 N–H and O–H groups in total. The van der Waals surface area contributed by atoms with E-state index in [1.165, 1.54) is 4.31 Å². The lowest BCUT2D eigenvalue weighted by molar-refractivity contribution is -0.133. The molecule has 6 nitrogen and oxygen atoms in total. The van der Waals surface area contributed by atoms with E-state index in [0.717, 1.165) is 15.8 Å². The van der Waals surface area contributed by atoms with E-state index in [0.29, 0.717) is 18.7 Å². The Kier molecular flexibility index (Phi) is 8.28. The summed E-state index contributed by atoms with van der Waals surface area (Å²) in [7, 11) is -3.81. The Hall–Kier alpha value is -2.42. The standard InChI is InChI=1S/C24H27BrN2O4S/c1-3-15-27(32(29,30)23-13-10-21(25)11-14-23)18-24(28)26(16-20-7-5-4-6-8-20)17-22-12-9-19(2)31-22/h4-14H,3,15-18H2,1-2H3. The minimum absolute atomic E-state index is 0.165. The van der Waals surface area contributed by atoms with Gasteiger partial charge in [-0.05, 0) is 55.3 Å². The van der Waals surface area contributed by atoms with Crippen LogP contribution in [0.1, 0.15) is 30.4 Å². The summed E-state index contributed by atoms with van der Waals surface area (Å²) in [5.74, 6) is 1.14. The van der Waals surface area contributed by atoms with Gasteiger partial charge in [-0.25, -0.2) is 8.42 Å². The maximum atomic E-state index is 13.3. The summed E-state index contributed by atoms with van der Waals surface area (Å²) in [5, 5.41) is 0. The largest absolute Gasteiger partial charge is 0.464 e. The van der Waals surface area contributed by atoms with Gasteiger partial charge in [0.2, 0.25) is 15.9 Å². The quantitative estimate of drug-likeness (QED) is 0.379. The highest BCUT2D eigenvalue weighted by molar-refractivity contribution is 9.10. The summed E-state index contributed by atoms with van der Waals surface area (Å²) < 4.78 is 34.2. The van der Waals surface area contributed by atoms with Crippen molar-refractivity contribution in [3.63, 3.8) is 0 Å². The number of carbonyl (C=O) groups excluding carboxylic acids is 1. The normalized spacial score (nSPS) is 11.6. The maximum absolute atomic E-state index is 13.3. The molecule has 0 saturated heterocycles. The van der Waals surface area contributed by atoms with E-state index in [9.17, 15) is 13.2 Å². The van der Waals surface area contributed by atoms with Crippen molar-refractivity contribution >= 4 is 31.9 Å². The molecule has 0 unspecified atom stereocenters. The number of benzene rings is 2. The molecule has 170 valence electrons. The van der Waals surface area contributed by atoms with E-state index in [2.05, 4.69) is 15.9 Å². The molecule has 0 aliphatic carbocycles. The predicted octanol–water partition coefficient (Wildman–Crippen LogP) is 4.98. The maximum Gasteiger partial charge on any atom is 0.243 e. The number of carbonyl (C=O) groups is 1. The van der Waals surface area contributed by atoms with Gasteiger partial charge in [0.05, 0.1) is 18.0 Å². The fourth-order valence-corrected chi connectivity index (χ4v) is 5.08. The Bertz CT molecular complexity index is 1130. The second kappa shape index (κ2) is 10.9. The van der Waals surface area contributed by atoms with Crippen LogP contribution in [0.2, 0.25) is 0 Å². The van der Waals surface area contributed by atoms with Gasteiger partial charge in [0.1, 0.15) is 11.5 Å². The highest BCUT2D eigenvalue weighted by Gasteiger charge is 2.28. The van der Waals surface area contributed by atoms with Crippen LogP contribution in [0.4, 0.5) is 0 Å². The van der Waals surface area contributed by atoms with Crippen molar-refractivity contribution in [2.75, 3.05) is 13.1 Å². The minimum Gasteiger partial charge on any atom is -0.464 e. The van der Waals surface area contributed by atoms with E-state index in [4.69, 9.17) is 4.42 Å². The van der Waals surface area contributed by atoms with E-state index in [1.807, 2.05) is 56.3 Å². The van der Waals surface area contributed by atoms with E-state index >= 15 is 0 Å². The van der Waals surface area contributed by atoms with E-state index in [1.54, 1.807) is 29.2 Å². The van der Waals surface area contributed by atoms with Crippen molar-refractivity contribution in [2.24, 2.45) is 0 Å². The van der Waals surface area contributed by atoms with Crippen LogP contribution in [0.25, 0.3) is 0 Å². The zero-order chi connectivity index (χ0) is 23.1. The average Bonchev–Trinajstić information content (AvgIpc) is 3.18. The first-order valence-corrected chi connectivity index (χ1v) is 12.7. The number of amides is 1. The molecular weight excluding hydrogens is 492 g/mol. The van der Waals surface area contributed by atoms with Crippen LogP contribution < -0.4 is 0 Å². The van der Waals surface area contributed by atoms with Gasteiger partial charge in [-0.15, -0.1) is 0 Å². The fourth-order valence-electron chi connectivity index (χ4n) is 3.33. The predicted molar refractivity (Wildman–Crippen MR) is 127 cm³/mol. The number of nitrogens with zero attached hydrogens (tertiary/aromatic N) is 2. The minimum atomic E-state index is -3.81. The summed E-state index contributed by atoms with van der Waals surface area (Å²) in [5.41, 5.74) is 0.960. The van der Waals surface area contributed by atoms with Crippen LogP contribution in [-0.2, 0) is 27.9 Å². The van der Waals surface area contributed by atoms with Crippen LogP contribution in [0.15, 0.2) is 80.5 Å². The number of sulfonamides is 1. The van der Waals surface area contributed by atoms with Crippen molar-refractivity contribution in [1.82, 2.24) is 9.21 Å². The van der Waals surface area contributed by atoms with Crippen molar-refractivity contribution < 1.29 is 17.6 Å². The summed E-state index contributed by atoms with van der Waals surface area (Å²) in [6, 6.07) is 19.8. The van der Waals surface area contributed by atoms with Gasteiger partial charge in [-0.1, -0.05) is 53.2 Å². The third-order valence-corrected chi connectivity index (χ3v) is 7.34. The molecule has 1 heterocycles. The molecule has 0 aliphatic heterocycles. The van der Waals surface area contributed by atoms with Crippen molar-refractivity contribution in [1.29, 1.82) is 0 Å². The Balaban J connectivity index is 1.84. The molecule has 0 bridgehead atoms. The molecule has 3 rings (SSSR count). The zero-order valence-electron chi connectivity index (χ0n) is 18.2. The van der Waals surface area contributed by atoms with Crippen LogP contribution in [0, 0.1) is 6.92 Å². The molecule has 0 radical (unpaired) electrons. The SMILES string of the molecule is CCCN(CC(=O)N(Cc1ccccc1)Cc1ccc(C)o1)S(=O)(=O)c1ccc(Br)cc1. The third-order valence-electron chi connectivity index (χ3n) is 4.95. The Morgan fingerprint density at radius 1 is 0.969 bits per heavy atom. The molecule has 0 atom stereocenters. The monoisotopic (exact) mass is 518 g/mol. The number of hydrogen-bond donors (Lipinski definition) is 0. The molecule has 0 aliphatic rings. The van der Waals surface area contributed by atoms with Crippen LogP contribution in [0.5, 0.6) is 0 Å². The van der Waals surface area contributed by atoms with E-state index in [-0.39, 0.29) is 30.4 Å². The second-order valence-corrected chi connectivity index (χ2v) is 10.4. The second-order valence-electron chi connectivity index (χ2n) is 7.54. The number of hydrogen-bond acceptors (Lipinski definition) is 4. The highest BCUT2D eigenvalue weighted by Crippen LogP contribution is 2.20. The van der Waals surface area contributed by atoms with E-state index < -0.39 is 10.0 Å². The van der Waals surface area contributed by atoms with Crippen molar-refractivity contribution in [3.05, 3.63) is 88.3 Å². The zero-order valence-corrected chi connectivity index (χ0v) is 20.6. The van der Waals surface area contributed by atoms with Gasteiger partial charge in [-0.3, -0.25) is 4.79 Å². The number of halogens is 1. The molecule has 1 aromatic heterocycles. The number of rotatable bonds is 10. The fraction of sp³-hybridized carbons (Fsp3) is 0.292. The molecule has 0 fully saturated rings. The van der Waals surface area contributed by atoms with Crippen molar-refractivity contribution in [2.45, 2.75) is 38.3 Å². The first-order chi connectivity index (χ1) is 15.3. The Labute approximate surface area is 198 Å². The molecule has 32 heavy (non-hydrogen) atoms. The van der Waals surface area contributed by atoms with Crippen LogP contribution in [-0.4, -0.2) is 36.6 Å². The van der Waals surface area contributed by atoms with Crippen molar-refractivity contribution in [3.8, 4) is 0 Å². The molecule has 1 amide bonds. The van der Waals surface area contributed by atoms with Crippen LogP contribution in [0.3, 0.4) is 0 Å². The van der Waals surface area contributed by atoms with Gasteiger partial charge in [0.25, 0.3) is 0 Å². The number of aryl methyl sites for hydroxylation is 1. The lowest BCUT2D eigenvalue weighted by Crippen LogP contribution is -2.42. The first kappa shape index (κ1) is 24.2. The first-order valence-electron chi connectivity index (χ1n) is 10.4. The number of furan rings is 1. The molecular formula is C24H27BrN2O4S. The lowest BCUT2D eigenvalue weighted by atomic mass is 10.2. The Morgan fingerprint density at radius 2 is 1.66 bits per heavy atom. The smallest absolute Gasteiger partial charge is 0.243 e. The molecule has 0 saturated carbocycles. The van der Waals surface area contributed by atoms with Crippen LogP contribution >= 0.6 is 15.9 Å².